The van der Waals surface area contributed by atoms with Gasteiger partial charge in [-0.2, -0.15) is 10.2 Å². The Morgan fingerprint density at radius 1 is 1.37 bits per heavy atom. The summed E-state index contributed by atoms with van der Waals surface area (Å²) in [6.07, 6.45) is 4.69. The van der Waals surface area contributed by atoms with Gasteiger partial charge in [-0.05, 0) is 26.0 Å². The van der Waals surface area contributed by atoms with E-state index in [0.717, 1.165) is 17.0 Å². The van der Waals surface area contributed by atoms with Gasteiger partial charge in [0.2, 0.25) is 0 Å². The van der Waals surface area contributed by atoms with E-state index >= 15 is 0 Å². The third kappa shape index (κ3) is 4.58. The topological polar surface area (TPSA) is 147 Å². The van der Waals surface area contributed by atoms with Gasteiger partial charge >= 0.3 is 0 Å². The maximum absolute atomic E-state index is 12.3. The summed E-state index contributed by atoms with van der Waals surface area (Å²) in [5.41, 5.74) is 3.12. The van der Waals surface area contributed by atoms with Crippen LogP contribution in [0.3, 0.4) is 0 Å². The lowest BCUT2D eigenvalue weighted by Gasteiger charge is -2.03. The van der Waals surface area contributed by atoms with Crippen LogP contribution in [0.25, 0.3) is 10.6 Å². The number of nitrogens with zero attached hydrogens (tertiary/aromatic N) is 6. The zero-order valence-electron chi connectivity index (χ0n) is 14.7. The van der Waals surface area contributed by atoms with E-state index in [0.29, 0.717) is 15.7 Å². The van der Waals surface area contributed by atoms with E-state index in [1.807, 2.05) is 26.0 Å². The lowest BCUT2D eigenvalue weighted by Crippen LogP contribution is -2.32. The normalized spacial score (nSPS) is 11.9. The van der Waals surface area contributed by atoms with Crippen LogP contribution in [0.15, 0.2) is 34.6 Å². The Hall–Kier alpha value is -3.47. The molecule has 0 saturated heterocycles. The van der Waals surface area contributed by atoms with Gasteiger partial charge in [0.15, 0.2) is 10.7 Å². The van der Waals surface area contributed by atoms with E-state index in [1.165, 1.54) is 17.6 Å². The summed E-state index contributed by atoms with van der Waals surface area (Å²) in [4.78, 5) is 20.8. The maximum Gasteiger partial charge on any atom is 0.273 e. The summed E-state index contributed by atoms with van der Waals surface area (Å²) in [5, 5.41) is 22.2. The van der Waals surface area contributed by atoms with Crippen molar-refractivity contribution in [2.45, 2.75) is 20.4 Å². The molecule has 0 spiro atoms. The van der Waals surface area contributed by atoms with Crippen molar-refractivity contribution in [3.63, 3.8) is 0 Å². The van der Waals surface area contributed by atoms with Gasteiger partial charge in [0.05, 0.1) is 35.9 Å². The van der Waals surface area contributed by atoms with Gasteiger partial charge in [0.1, 0.15) is 5.01 Å². The lowest BCUT2D eigenvalue weighted by atomic mass is 10.3. The highest BCUT2D eigenvalue weighted by molar-refractivity contribution is 7.14. The van der Waals surface area contributed by atoms with E-state index in [4.69, 9.17) is 5.84 Å². The smallest absolute Gasteiger partial charge is 0.273 e. The number of H-pyrrole nitrogens is 1. The van der Waals surface area contributed by atoms with Crippen molar-refractivity contribution in [2.24, 2.45) is 15.9 Å². The van der Waals surface area contributed by atoms with Gasteiger partial charge in [0.25, 0.3) is 5.91 Å². The fraction of sp³-hybridized carbons (Fsp3) is 0.188. The molecular formula is C16H17N9OS. The van der Waals surface area contributed by atoms with Gasteiger partial charge in [-0.3, -0.25) is 19.9 Å². The number of aromatic nitrogens is 5. The van der Waals surface area contributed by atoms with Crippen molar-refractivity contribution in [3.05, 3.63) is 40.9 Å². The summed E-state index contributed by atoms with van der Waals surface area (Å²) in [6.45, 7) is 3.94. The zero-order valence-corrected chi connectivity index (χ0v) is 15.5. The van der Waals surface area contributed by atoms with Gasteiger partial charge in [-0.1, -0.05) is 11.3 Å². The molecule has 3 heterocycles. The molecule has 0 bridgehead atoms. The minimum Gasteiger partial charge on any atom is -0.344 e. The number of hydrazone groups is 1. The number of nitrogens with two attached hydrogens (primary N) is 1. The van der Waals surface area contributed by atoms with Crippen molar-refractivity contribution < 1.29 is 4.79 Å². The molecule has 3 aromatic rings. The summed E-state index contributed by atoms with van der Waals surface area (Å²) in [7, 11) is 0. The van der Waals surface area contributed by atoms with Crippen molar-refractivity contribution in [1.29, 1.82) is 0 Å². The van der Waals surface area contributed by atoms with E-state index in [-0.39, 0.29) is 12.3 Å². The minimum absolute atomic E-state index is 0.00505. The monoisotopic (exact) mass is 383 g/mol. The number of hydrogen-bond acceptors (Lipinski definition) is 9. The fourth-order valence-electron chi connectivity index (χ4n) is 2.15. The van der Waals surface area contributed by atoms with Gasteiger partial charge in [0, 0.05) is 11.9 Å². The van der Waals surface area contributed by atoms with Crippen LogP contribution in [-0.2, 0) is 11.3 Å². The number of aliphatic imine (C=N–C) groups is 1. The van der Waals surface area contributed by atoms with Crippen LogP contribution >= 0.6 is 11.3 Å². The Balaban J connectivity index is 1.61. The first-order valence-corrected chi connectivity index (χ1v) is 8.74. The molecule has 0 fully saturated rings. The largest absolute Gasteiger partial charge is 0.344 e. The van der Waals surface area contributed by atoms with Crippen molar-refractivity contribution in [3.8, 4) is 10.6 Å². The Labute approximate surface area is 158 Å². The van der Waals surface area contributed by atoms with Crippen LogP contribution in [0.1, 0.15) is 16.4 Å². The molecule has 0 aliphatic rings. The molecule has 11 heteroatoms. The number of rotatable bonds is 6. The number of aryl methyl sites for hydroxylation is 2. The van der Waals surface area contributed by atoms with Gasteiger partial charge < -0.3 is 11.2 Å². The second-order valence-corrected chi connectivity index (χ2v) is 6.56. The number of pyridine rings is 1. The molecule has 0 radical (unpaired) electrons. The van der Waals surface area contributed by atoms with Crippen LogP contribution in [0.5, 0.6) is 0 Å². The number of nitrogens with one attached hydrogen (secondary N) is 2. The molecular weight excluding hydrogens is 366 g/mol. The summed E-state index contributed by atoms with van der Waals surface area (Å²) in [5.74, 6) is 4.86. The lowest BCUT2D eigenvalue weighted by molar-refractivity contribution is -0.114. The Morgan fingerprint density at radius 3 is 2.93 bits per heavy atom. The molecule has 27 heavy (non-hydrogen) atoms. The summed E-state index contributed by atoms with van der Waals surface area (Å²) < 4.78 is 0. The molecule has 3 aromatic heterocycles. The van der Waals surface area contributed by atoms with Crippen molar-refractivity contribution in [2.75, 3.05) is 0 Å². The highest BCUT2D eigenvalue weighted by Crippen LogP contribution is 2.21. The molecule has 0 aliphatic carbocycles. The predicted octanol–water partition coefficient (Wildman–Crippen LogP) is 1.27. The molecule has 4 N–H and O–H groups in total. The molecule has 0 aromatic carbocycles. The Bertz CT molecular complexity index is 991. The molecule has 0 saturated carbocycles. The predicted molar refractivity (Wildman–Crippen MR) is 103 cm³/mol. The zero-order chi connectivity index (χ0) is 19.2. The number of carbonyl (C=O) groups is 1. The number of aromatic amines is 1. The van der Waals surface area contributed by atoms with E-state index in [1.54, 1.807) is 12.4 Å². The minimum atomic E-state index is -0.459. The standard InChI is InChI=1S/C16H17N9OS/c1-9-3-4-12(10(2)22-9)18-7-13(23-17)15(26)19-8-14-24-25-16(27-14)11-5-20-21-6-11/h3-7H,8,17H2,1-2H3,(H,19,26)(H,20,21)/b18-7?,23-13+. The van der Waals surface area contributed by atoms with E-state index < -0.39 is 5.91 Å². The summed E-state index contributed by atoms with van der Waals surface area (Å²) >= 11 is 1.36. The average molecular weight is 383 g/mol. The van der Waals surface area contributed by atoms with Crippen LogP contribution < -0.4 is 11.2 Å². The quantitative estimate of drug-likeness (QED) is 0.332. The molecule has 138 valence electrons. The molecule has 0 aliphatic heterocycles. The first kappa shape index (κ1) is 18.3. The Kier molecular flexibility index (Phi) is 5.61. The van der Waals surface area contributed by atoms with E-state index in [2.05, 4.69) is 40.8 Å². The molecule has 1 amide bonds. The molecule has 0 unspecified atom stereocenters. The molecule has 10 nitrogen and oxygen atoms in total. The van der Waals surface area contributed by atoms with Crippen LogP contribution in [-0.4, -0.2) is 43.2 Å². The average Bonchev–Trinajstić information content (AvgIpc) is 3.33. The van der Waals surface area contributed by atoms with Gasteiger partial charge in [-0.15, -0.1) is 10.2 Å². The summed E-state index contributed by atoms with van der Waals surface area (Å²) in [6, 6.07) is 3.66. The van der Waals surface area contributed by atoms with E-state index in [9.17, 15) is 4.79 Å². The third-order valence-electron chi connectivity index (χ3n) is 3.51. The maximum atomic E-state index is 12.3. The second kappa shape index (κ2) is 8.27. The Morgan fingerprint density at radius 2 is 2.22 bits per heavy atom. The van der Waals surface area contributed by atoms with Crippen LogP contribution in [0.2, 0.25) is 0 Å². The number of hydrogen-bond donors (Lipinski definition) is 3. The number of amides is 1. The molecule has 0 atom stereocenters. The first-order valence-electron chi connectivity index (χ1n) is 7.92. The third-order valence-corrected chi connectivity index (χ3v) is 4.48. The number of carbonyl (C=O) groups excluding carboxylic acids is 1. The molecule has 3 rings (SSSR count). The van der Waals surface area contributed by atoms with Crippen molar-refractivity contribution in [1.82, 2.24) is 30.7 Å². The SMILES string of the molecule is Cc1ccc(N=C/C(=N\N)C(=O)NCc2nnc(-c3cn[nH]c3)s2)c(C)n1. The first-order chi connectivity index (χ1) is 13.1. The van der Waals surface area contributed by atoms with Crippen LogP contribution in [0, 0.1) is 13.8 Å². The highest BCUT2D eigenvalue weighted by Gasteiger charge is 2.12. The van der Waals surface area contributed by atoms with Crippen molar-refractivity contribution >= 4 is 34.9 Å². The van der Waals surface area contributed by atoms with Crippen LogP contribution in [0.4, 0.5) is 5.69 Å². The van der Waals surface area contributed by atoms with Gasteiger partial charge in [-0.25, -0.2) is 0 Å². The fourth-order valence-corrected chi connectivity index (χ4v) is 2.91. The highest BCUT2D eigenvalue weighted by atomic mass is 32.1. The second-order valence-electron chi connectivity index (χ2n) is 5.50.